The van der Waals surface area contributed by atoms with Crippen LogP contribution < -0.4 is 11.5 Å². The van der Waals surface area contributed by atoms with E-state index >= 15 is 0 Å². The molecule has 7 heteroatoms. The Bertz CT molecular complexity index is 599. The number of amides is 1. The molecule has 1 aromatic heterocycles. The van der Waals surface area contributed by atoms with Crippen molar-refractivity contribution in [2.45, 2.75) is 0 Å². The highest BCUT2D eigenvalue weighted by Gasteiger charge is 2.16. The molecule has 0 bridgehead atoms. The normalized spacial score (nSPS) is 10.5. The van der Waals surface area contributed by atoms with E-state index in [9.17, 15) is 9.18 Å². The molecule has 0 saturated heterocycles. The predicted octanol–water partition coefficient (Wildman–Crippen LogP) is 2.39. The van der Waals surface area contributed by atoms with Crippen molar-refractivity contribution in [1.82, 2.24) is 4.98 Å². The van der Waals surface area contributed by atoms with E-state index < -0.39 is 11.7 Å². The number of rotatable bonds is 2. The van der Waals surface area contributed by atoms with Crippen molar-refractivity contribution < 1.29 is 9.18 Å². The lowest BCUT2D eigenvalue weighted by Gasteiger charge is -1.99. The Morgan fingerprint density at radius 3 is 2.76 bits per heavy atom. The average molecular weight is 316 g/mol. The Hall–Kier alpha value is -1.47. The van der Waals surface area contributed by atoms with Gasteiger partial charge in [-0.05, 0) is 18.2 Å². The van der Waals surface area contributed by atoms with Gasteiger partial charge in [0.25, 0.3) is 5.91 Å². The van der Waals surface area contributed by atoms with Crippen LogP contribution in [0, 0.1) is 5.82 Å². The van der Waals surface area contributed by atoms with Crippen molar-refractivity contribution in [3.63, 3.8) is 0 Å². The molecule has 0 fully saturated rings. The Morgan fingerprint density at radius 2 is 2.18 bits per heavy atom. The zero-order chi connectivity index (χ0) is 12.6. The summed E-state index contributed by atoms with van der Waals surface area (Å²) in [5.41, 5.74) is 10.9. The van der Waals surface area contributed by atoms with Gasteiger partial charge in [0.15, 0.2) is 5.69 Å². The molecule has 0 atom stereocenters. The van der Waals surface area contributed by atoms with Gasteiger partial charge in [-0.1, -0.05) is 27.3 Å². The van der Waals surface area contributed by atoms with Crippen molar-refractivity contribution >= 4 is 38.2 Å². The van der Waals surface area contributed by atoms with Gasteiger partial charge in [0, 0.05) is 10.0 Å². The van der Waals surface area contributed by atoms with Crippen LogP contribution in [-0.4, -0.2) is 10.9 Å². The van der Waals surface area contributed by atoms with E-state index in [1.54, 1.807) is 12.1 Å². The summed E-state index contributed by atoms with van der Waals surface area (Å²) in [5.74, 6) is -1.15. The topological polar surface area (TPSA) is 82.0 Å². The number of thiazole rings is 1. The second-order valence-corrected chi connectivity index (χ2v) is 5.17. The van der Waals surface area contributed by atoms with Gasteiger partial charge < -0.3 is 11.5 Å². The summed E-state index contributed by atoms with van der Waals surface area (Å²) in [6.07, 6.45) is 0. The Kier molecular flexibility index (Phi) is 3.12. The lowest BCUT2D eigenvalue weighted by Crippen LogP contribution is -2.13. The molecule has 0 aliphatic carbocycles. The molecule has 1 aromatic carbocycles. The molecule has 4 N–H and O–H groups in total. The summed E-state index contributed by atoms with van der Waals surface area (Å²) >= 11 is 4.26. The first kappa shape index (κ1) is 12.0. The number of aromatic nitrogens is 1. The minimum atomic E-state index is -0.722. The van der Waals surface area contributed by atoms with Gasteiger partial charge >= 0.3 is 0 Å². The van der Waals surface area contributed by atoms with Gasteiger partial charge in [0.2, 0.25) is 0 Å². The van der Waals surface area contributed by atoms with Crippen LogP contribution in [0.3, 0.4) is 0 Å². The first-order valence-corrected chi connectivity index (χ1v) is 6.11. The number of nitrogen functional groups attached to an aromatic ring is 1. The third-order valence-electron chi connectivity index (χ3n) is 2.05. The van der Waals surface area contributed by atoms with E-state index in [2.05, 4.69) is 20.9 Å². The Morgan fingerprint density at radius 1 is 1.47 bits per heavy atom. The first-order chi connectivity index (χ1) is 7.99. The van der Waals surface area contributed by atoms with E-state index in [0.717, 1.165) is 11.3 Å². The molecule has 2 aromatic rings. The summed E-state index contributed by atoms with van der Waals surface area (Å²) in [6.45, 7) is 0. The molecule has 0 spiro atoms. The Balaban J connectivity index is 2.57. The molecule has 0 unspecified atom stereocenters. The smallest absolute Gasteiger partial charge is 0.270 e. The lowest BCUT2D eigenvalue weighted by atomic mass is 10.2. The van der Waals surface area contributed by atoms with Crippen molar-refractivity contribution in [1.29, 1.82) is 0 Å². The standard InChI is InChI=1S/C10H7BrFN3OS/c11-4-1-2-6(12)5(3-4)10-15-7(8(13)16)9(14)17-10/h1-3H,14H2,(H2,13,16). The molecule has 0 saturated carbocycles. The van der Waals surface area contributed by atoms with Gasteiger partial charge in [-0.2, -0.15) is 0 Å². The number of carbonyl (C=O) groups is 1. The third-order valence-corrected chi connectivity index (χ3v) is 3.46. The van der Waals surface area contributed by atoms with Crippen molar-refractivity contribution in [3.8, 4) is 10.6 Å². The van der Waals surface area contributed by atoms with Crippen LogP contribution in [0.25, 0.3) is 10.6 Å². The minimum absolute atomic E-state index is 0.0237. The van der Waals surface area contributed by atoms with E-state index in [1.807, 2.05) is 0 Å². The number of anilines is 1. The van der Waals surface area contributed by atoms with E-state index in [1.165, 1.54) is 6.07 Å². The number of nitrogens with two attached hydrogens (primary N) is 2. The first-order valence-electron chi connectivity index (χ1n) is 4.50. The van der Waals surface area contributed by atoms with E-state index in [-0.39, 0.29) is 16.3 Å². The van der Waals surface area contributed by atoms with Crippen molar-refractivity contribution in [2.24, 2.45) is 5.73 Å². The summed E-state index contributed by atoms with van der Waals surface area (Å²) in [6, 6.07) is 4.45. The highest BCUT2D eigenvalue weighted by atomic mass is 79.9. The number of primary amides is 1. The SMILES string of the molecule is NC(=O)c1nc(-c2cc(Br)ccc2F)sc1N. The molecule has 4 nitrogen and oxygen atoms in total. The second kappa shape index (κ2) is 4.42. The maximum Gasteiger partial charge on any atom is 0.270 e. The molecular weight excluding hydrogens is 309 g/mol. The fraction of sp³-hybridized carbons (Fsp3) is 0. The number of nitrogens with zero attached hydrogens (tertiary/aromatic N) is 1. The van der Waals surface area contributed by atoms with Gasteiger partial charge in [0.05, 0.1) is 0 Å². The molecule has 0 aliphatic heterocycles. The summed E-state index contributed by atoms with van der Waals surface area (Å²) in [7, 11) is 0. The van der Waals surface area contributed by atoms with Gasteiger partial charge in [0.1, 0.15) is 15.8 Å². The number of benzene rings is 1. The minimum Gasteiger partial charge on any atom is -0.389 e. The summed E-state index contributed by atoms with van der Waals surface area (Å²) in [5, 5.41) is 0.516. The number of halogens is 2. The molecule has 0 aliphatic rings. The van der Waals surface area contributed by atoms with Crippen LogP contribution in [0.5, 0.6) is 0 Å². The highest BCUT2D eigenvalue weighted by Crippen LogP contribution is 2.32. The van der Waals surface area contributed by atoms with Gasteiger partial charge in [-0.25, -0.2) is 9.37 Å². The van der Waals surface area contributed by atoms with Crippen LogP contribution in [0.1, 0.15) is 10.5 Å². The fourth-order valence-electron chi connectivity index (χ4n) is 1.29. The van der Waals surface area contributed by atoms with Crippen LogP contribution in [0.4, 0.5) is 9.39 Å². The number of carbonyl (C=O) groups excluding carboxylic acids is 1. The molecular formula is C10H7BrFN3OS. The van der Waals surface area contributed by atoms with E-state index in [4.69, 9.17) is 11.5 Å². The zero-order valence-electron chi connectivity index (χ0n) is 8.41. The summed E-state index contributed by atoms with van der Waals surface area (Å²) in [4.78, 5) is 14.9. The predicted molar refractivity (Wildman–Crippen MR) is 68.1 cm³/mol. The molecule has 2 rings (SSSR count). The van der Waals surface area contributed by atoms with E-state index in [0.29, 0.717) is 9.48 Å². The maximum atomic E-state index is 13.6. The quantitative estimate of drug-likeness (QED) is 0.892. The van der Waals surface area contributed by atoms with Gasteiger partial charge in [-0.3, -0.25) is 4.79 Å². The number of hydrogen-bond acceptors (Lipinski definition) is 4. The van der Waals surface area contributed by atoms with Crippen molar-refractivity contribution in [2.75, 3.05) is 5.73 Å². The zero-order valence-corrected chi connectivity index (χ0v) is 10.8. The average Bonchev–Trinajstić information content (AvgIpc) is 2.64. The molecule has 1 heterocycles. The monoisotopic (exact) mass is 315 g/mol. The lowest BCUT2D eigenvalue weighted by molar-refractivity contribution is 0.0997. The summed E-state index contributed by atoms with van der Waals surface area (Å²) < 4.78 is 14.3. The molecule has 17 heavy (non-hydrogen) atoms. The molecule has 1 amide bonds. The maximum absolute atomic E-state index is 13.6. The highest BCUT2D eigenvalue weighted by molar-refractivity contribution is 9.10. The molecule has 0 radical (unpaired) electrons. The largest absolute Gasteiger partial charge is 0.389 e. The van der Waals surface area contributed by atoms with Crippen LogP contribution >= 0.6 is 27.3 Å². The third kappa shape index (κ3) is 2.29. The van der Waals surface area contributed by atoms with Crippen molar-refractivity contribution in [3.05, 3.63) is 34.2 Å². The van der Waals surface area contributed by atoms with Crippen LogP contribution in [-0.2, 0) is 0 Å². The van der Waals surface area contributed by atoms with Gasteiger partial charge in [-0.15, -0.1) is 0 Å². The number of hydrogen-bond donors (Lipinski definition) is 2. The molecule has 88 valence electrons. The Labute approximate surface area is 109 Å². The van der Waals surface area contributed by atoms with Crippen LogP contribution in [0.2, 0.25) is 0 Å². The van der Waals surface area contributed by atoms with Crippen LogP contribution in [0.15, 0.2) is 22.7 Å². The second-order valence-electron chi connectivity index (χ2n) is 3.22. The fourth-order valence-corrected chi connectivity index (χ4v) is 2.50.